The van der Waals surface area contributed by atoms with E-state index in [1.165, 1.54) is 4.31 Å². The number of nitrogens with one attached hydrogen (secondary N) is 1. The largest absolute Gasteiger partial charge is 0.355 e. The van der Waals surface area contributed by atoms with Gasteiger partial charge < -0.3 is 11.1 Å². The number of halogens is 3. The lowest BCUT2D eigenvalue weighted by Gasteiger charge is -2.31. The number of nitrogens with zero attached hydrogens (tertiary/aromatic N) is 1. The number of rotatable bonds is 6. The second-order valence-electron chi connectivity index (χ2n) is 5.81. The highest BCUT2D eigenvalue weighted by Crippen LogP contribution is 2.24. The Balaban J connectivity index is 0.00000312. The van der Waals surface area contributed by atoms with Crippen LogP contribution in [-0.2, 0) is 20.6 Å². The molecular weight excluding hydrogens is 409 g/mol. The van der Waals surface area contributed by atoms with E-state index in [0.717, 1.165) is 0 Å². The highest BCUT2D eigenvalue weighted by atomic mass is 35.5. The number of carbonyl (C=O) groups excluding carboxylic acids is 1. The van der Waals surface area contributed by atoms with Crippen molar-refractivity contribution in [2.75, 3.05) is 26.2 Å². The summed E-state index contributed by atoms with van der Waals surface area (Å²) < 4.78 is 26.7. The fourth-order valence-electron chi connectivity index (χ4n) is 2.74. The van der Waals surface area contributed by atoms with E-state index >= 15 is 0 Å². The molecule has 1 heterocycles. The average Bonchev–Trinajstić information content (AvgIpc) is 2.51. The summed E-state index contributed by atoms with van der Waals surface area (Å²) in [6.07, 6.45) is 1.32. The van der Waals surface area contributed by atoms with Gasteiger partial charge in [0.15, 0.2) is 0 Å². The molecule has 0 aliphatic carbocycles. The standard InChI is InChI=1S/C15H21Cl2N3O3S.ClH/c16-13-6-11(7-14(17)8-13)10-24(22,23)20-5-1-2-12(9-20)15(21)19-4-3-18;/h6-8,12H,1-5,9-10,18H2,(H,19,21);1H. The number of amides is 1. The van der Waals surface area contributed by atoms with Crippen molar-refractivity contribution in [3.8, 4) is 0 Å². The highest BCUT2D eigenvalue weighted by Gasteiger charge is 2.32. The monoisotopic (exact) mass is 429 g/mol. The minimum absolute atomic E-state index is 0. The van der Waals surface area contributed by atoms with E-state index < -0.39 is 10.0 Å². The van der Waals surface area contributed by atoms with Crippen LogP contribution >= 0.6 is 35.6 Å². The third-order valence-corrected chi connectivity index (χ3v) is 6.12. The Morgan fingerprint density at radius 3 is 2.52 bits per heavy atom. The number of sulfonamides is 1. The van der Waals surface area contributed by atoms with Gasteiger partial charge in [-0.3, -0.25) is 4.79 Å². The summed E-state index contributed by atoms with van der Waals surface area (Å²) in [4.78, 5) is 12.1. The molecule has 10 heteroatoms. The zero-order valence-corrected chi connectivity index (χ0v) is 16.7. The van der Waals surface area contributed by atoms with Gasteiger partial charge >= 0.3 is 0 Å². The zero-order chi connectivity index (χ0) is 17.7. The highest BCUT2D eigenvalue weighted by molar-refractivity contribution is 7.88. The van der Waals surface area contributed by atoms with Gasteiger partial charge in [-0.25, -0.2) is 12.7 Å². The molecule has 0 spiro atoms. The SMILES string of the molecule is Cl.NCCNC(=O)C1CCCN(S(=O)(=O)Cc2cc(Cl)cc(Cl)c2)C1. The van der Waals surface area contributed by atoms with Crippen molar-refractivity contribution >= 4 is 51.5 Å². The van der Waals surface area contributed by atoms with Crippen LogP contribution in [0.1, 0.15) is 18.4 Å². The van der Waals surface area contributed by atoms with Crippen molar-refractivity contribution in [2.45, 2.75) is 18.6 Å². The molecule has 25 heavy (non-hydrogen) atoms. The number of benzene rings is 1. The fraction of sp³-hybridized carbons (Fsp3) is 0.533. The summed E-state index contributed by atoms with van der Waals surface area (Å²) in [7, 11) is -3.55. The molecule has 6 nitrogen and oxygen atoms in total. The van der Waals surface area contributed by atoms with Gasteiger partial charge in [-0.1, -0.05) is 23.2 Å². The quantitative estimate of drug-likeness (QED) is 0.722. The van der Waals surface area contributed by atoms with Gasteiger partial charge in [0.05, 0.1) is 11.7 Å². The lowest BCUT2D eigenvalue weighted by atomic mass is 9.99. The molecule has 1 aliphatic heterocycles. The van der Waals surface area contributed by atoms with Crippen LogP contribution in [0.4, 0.5) is 0 Å². The van der Waals surface area contributed by atoms with E-state index in [2.05, 4.69) is 5.32 Å². The smallest absolute Gasteiger partial charge is 0.224 e. The number of nitrogens with two attached hydrogens (primary N) is 1. The fourth-order valence-corrected chi connectivity index (χ4v) is 4.90. The number of carbonyl (C=O) groups is 1. The van der Waals surface area contributed by atoms with E-state index in [0.29, 0.717) is 48.1 Å². The zero-order valence-electron chi connectivity index (χ0n) is 13.6. The Kier molecular flexibility index (Phi) is 8.94. The van der Waals surface area contributed by atoms with E-state index in [9.17, 15) is 13.2 Å². The predicted octanol–water partition coefficient (Wildman–Crippen LogP) is 2.03. The normalized spacial score (nSPS) is 18.4. The molecule has 1 aliphatic rings. The molecule has 142 valence electrons. The first kappa shape index (κ1) is 22.5. The molecule has 1 fully saturated rings. The minimum Gasteiger partial charge on any atom is -0.355 e. The van der Waals surface area contributed by atoms with Crippen LogP contribution in [-0.4, -0.2) is 44.8 Å². The number of hydrogen-bond acceptors (Lipinski definition) is 4. The van der Waals surface area contributed by atoms with Crippen LogP contribution in [0, 0.1) is 5.92 Å². The van der Waals surface area contributed by atoms with Gasteiger partial charge in [0.1, 0.15) is 0 Å². The molecule has 2 rings (SSSR count). The Labute approximate surface area is 164 Å². The molecule has 0 radical (unpaired) electrons. The molecule has 0 saturated carbocycles. The molecule has 1 aromatic rings. The van der Waals surface area contributed by atoms with Gasteiger partial charge in [0, 0.05) is 36.2 Å². The second kappa shape index (κ2) is 9.94. The van der Waals surface area contributed by atoms with Crippen LogP contribution in [0.3, 0.4) is 0 Å². The predicted molar refractivity (Wildman–Crippen MR) is 103 cm³/mol. The first-order valence-corrected chi connectivity index (χ1v) is 10.1. The van der Waals surface area contributed by atoms with Gasteiger partial charge in [-0.05, 0) is 36.6 Å². The van der Waals surface area contributed by atoms with Crippen molar-refractivity contribution in [2.24, 2.45) is 11.7 Å². The Morgan fingerprint density at radius 2 is 1.92 bits per heavy atom. The van der Waals surface area contributed by atoms with E-state index in [1.807, 2.05) is 0 Å². The maximum atomic E-state index is 12.6. The average molecular weight is 431 g/mol. The third kappa shape index (κ3) is 6.58. The van der Waals surface area contributed by atoms with Crippen molar-refractivity contribution < 1.29 is 13.2 Å². The summed E-state index contributed by atoms with van der Waals surface area (Å²) in [6.45, 7) is 1.35. The number of piperidine rings is 1. The summed E-state index contributed by atoms with van der Waals surface area (Å²) >= 11 is 11.8. The van der Waals surface area contributed by atoms with E-state index in [1.54, 1.807) is 18.2 Å². The summed E-state index contributed by atoms with van der Waals surface area (Å²) in [6, 6.07) is 4.72. The number of hydrogen-bond donors (Lipinski definition) is 2. The molecule has 1 aromatic carbocycles. The van der Waals surface area contributed by atoms with Gasteiger partial charge in [-0.15, -0.1) is 12.4 Å². The topological polar surface area (TPSA) is 92.5 Å². The van der Waals surface area contributed by atoms with Gasteiger partial charge in [0.25, 0.3) is 0 Å². The molecule has 1 atom stereocenters. The van der Waals surface area contributed by atoms with Crippen molar-refractivity contribution in [3.63, 3.8) is 0 Å². The molecule has 1 amide bonds. The Morgan fingerprint density at radius 1 is 1.28 bits per heavy atom. The molecule has 1 saturated heterocycles. The summed E-state index contributed by atoms with van der Waals surface area (Å²) in [5.41, 5.74) is 5.90. The summed E-state index contributed by atoms with van der Waals surface area (Å²) in [5, 5.41) is 3.51. The minimum atomic E-state index is -3.55. The van der Waals surface area contributed by atoms with Crippen LogP contribution in [0.5, 0.6) is 0 Å². The maximum Gasteiger partial charge on any atom is 0.224 e. The Bertz CT molecular complexity index is 680. The molecule has 3 N–H and O–H groups in total. The van der Waals surface area contributed by atoms with Crippen LogP contribution < -0.4 is 11.1 Å². The molecule has 0 bridgehead atoms. The Hall–Kier alpha value is -0.570. The summed E-state index contributed by atoms with van der Waals surface area (Å²) in [5.74, 6) is -0.682. The lowest BCUT2D eigenvalue weighted by Crippen LogP contribution is -2.46. The van der Waals surface area contributed by atoms with E-state index in [-0.39, 0.29) is 36.5 Å². The van der Waals surface area contributed by atoms with Crippen molar-refractivity contribution in [3.05, 3.63) is 33.8 Å². The van der Waals surface area contributed by atoms with E-state index in [4.69, 9.17) is 28.9 Å². The van der Waals surface area contributed by atoms with Crippen molar-refractivity contribution in [1.29, 1.82) is 0 Å². The van der Waals surface area contributed by atoms with Crippen LogP contribution in [0.15, 0.2) is 18.2 Å². The first-order valence-electron chi connectivity index (χ1n) is 7.72. The van der Waals surface area contributed by atoms with Gasteiger partial charge in [0.2, 0.25) is 15.9 Å². The van der Waals surface area contributed by atoms with Crippen molar-refractivity contribution in [1.82, 2.24) is 9.62 Å². The van der Waals surface area contributed by atoms with Gasteiger partial charge in [-0.2, -0.15) is 0 Å². The third-order valence-electron chi connectivity index (χ3n) is 3.86. The van der Waals surface area contributed by atoms with Crippen LogP contribution in [0.25, 0.3) is 0 Å². The van der Waals surface area contributed by atoms with Crippen LogP contribution in [0.2, 0.25) is 10.0 Å². The molecular formula is C15H22Cl3N3O3S. The second-order valence-corrected chi connectivity index (χ2v) is 8.65. The lowest BCUT2D eigenvalue weighted by molar-refractivity contribution is -0.126. The molecule has 0 aromatic heterocycles. The first-order chi connectivity index (χ1) is 11.3. The maximum absolute atomic E-state index is 12.6. The molecule has 1 unspecified atom stereocenters.